The first-order valence-corrected chi connectivity index (χ1v) is 5.70. The van der Waals surface area contributed by atoms with E-state index >= 15 is 0 Å². The van der Waals surface area contributed by atoms with E-state index in [1.54, 1.807) is 14.2 Å². The van der Waals surface area contributed by atoms with Gasteiger partial charge in [0.25, 0.3) is 0 Å². The first-order chi connectivity index (χ1) is 7.24. The minimum absolute atomic E-state index is 0.154. The molecule has 3 atom stereocenters. The predicted molar refractivity (Wildman–Crippen MR) is 56.8 cm³/mol. The number of hydrogen-bond donors (Lipinski definition) is 1. The van der Waals surface area contributed by atoms with Crippen LogP contribution in [0.5, 0.6) is 0 Å². The summed E-state index contributed by atoms with van der Waals surface area (Å²) >= 11 is 0. The summed E-state index contributed by atoms with van der Waals surface area (Å²) < 4.78 is 10.7. The molecule has 2 aliphatic rings. The maximum Gasteiger partial charge on any atom is 0.0971 e. The fourth-order valence-electron chi connectivity index (χ4n) is 2.31. The number of likely N-dealkylation sites (tertiary alicyclic amines) is 1. The number of nitrogens with zero attached hydrogens (tertiary/aromatic N) is 1. The molecule has 15 heavy (non-hydrogen) atoms. The van der Waals surface area contributed by atoms with Crippen LogP contribution in [0, 0.1) is 5.92 Å². The van der Waals surface area contributed by atoms with Gasteiger partial charge in [0.15, 0.2) is 0 Å². The molecule has 1 N–H and O–H groups in total. The van der Waals surface area contributed by atoms with Gasteiger partial charge in [0.05, 0.1) is 18.3 Å². The molecule has 4 heteroatoms. The van der Waals surface area contributed by atoms with Crippen molar-refractivity contribution in [1.82, 2.24) is 4.90 Å². The summed E-state index contributed by atoms with van der Waals surface area (Å²) in [4.78, 5) is 2.24. The summed E-state index contributed by atoms with van der Waals surface area (Å²) in [6, 6.07) is 0. The average molecular weight is 215 g/mol. The molecule has 1 aliphatic carbocycles. The monoisotopic (exact) mass is 215 g/mol. The SMILES string of the molecule is COC1CN(CC(O)C2CC2)CC1OC. The zero-order valence-corrected chi connectivity index (χ0v) is 9.56. The molecule has 0 radical (unpaired) electrons. The van der Waals surface area contributed by atoms with Crippen LogP contribution in [0.2, 0.25) is 0 Å². The summed E-state index contributed by atoms with van der Waals surface area (Å²) in [6.45, 7) is 2.52. The minimum atomic E-state index is -0.155. The normalized spacial score (nSPS) is 34.6. The molecule has 0 amide bonds. The van der Waals surface area contributed by atoms with Gasteiger partial charge >= 0.3 is 0 Å². The Hall–Kier alpha value is -0.160. The minimum Gasteiger partial charge on any atom is -0.392 e. The van der Waals surface area contributed by atoms with Crippen molar-refractivity contribution in [1.29, 1.82) is 0 Å². The van der Waals surface area contributed by atoms with Crippen LogP contribution in [-0.2, 0) is 9.47 Å². The first kappa shape index (κ1) is 11.3. The topological polar surface area (TPSA) is 41.9 Å². The summed E-state index contributed by atoms with van der Waals surface area (Å²) in [5.74, 6) is 0.549. The predicted octanol–water partition coefficient (Wildman–Crippen LogP) is 0.103. The second kappa shape index (κ2) is 4.78. The molecule has 88 valence electrons. The molecule has 0 bridgehead atoms. The van der Waals surface area contributed by atoms with E-state index in [1.165, 1.54) is 12.8 Å². The largest absolute Gasteiger partial charge is 0.392 e. The lowest BCUT2D eigenvalue weighted by atomic mass is 10.2. The number of ether oxygens (including phenoxy) is 2. The summed E-state index contributed by atoms with van der Waals surface area (Å²) in [6.07, 6.45) is 2.54. The molecular formula is C11H21NO3. The van der Waals surface area contributed by atoms with Crippen molar-refractivity contribution in [2.75, 3.05) is 33.9 Å². The highest BCUT2D eigenvalue weighted by atomic mass is 16.5. The van der Waals surface area contributed by atoms with E-state index in [-0.39, 0.29) is 18.3 Å². The van der Waals surface area contributed by atoms with E-state index in [0.717, 1.165) is 19.6 Å². The van der Waals surface area contributed by atoms with Gasteiger partial charge in [-0.1, -0.05) is 0 Å². The van der Waals surface area contributed by atoms with E-state index < -0.39 is 0 Å². The van der Waals surface area contributed by atoms with Crippen LogP contribution in [0.1, 0.15) is 12.8 Å². The van der Waals surface area contributed by atoms with Crippen molar-refractivity contribution in [3.63, 3.8) is 0 Å². The van der Waals surface area contributed by atoms with Crippen LogP contribution < -0.4 is 0 Å². The number of aliphatic hydroxyl groups is 1. The fraction of sp³-hybridized carbons (Fsp3) is 1.00. The van der Waals surface area contributed by atoms with Crippen LogP contribution in [0.15, 0.2) is 0 Å². The number of rotatable bonds is 5. The summed E-state index contributed by atoms with van der Waals surface area (Å²) in [7, 11) is 3.44. The highest BCUT2D eigenvalue weighted by Gasteiger charge is 2.36. The standard InChI is InChI=1S/C11H21NO3/c1-14-10-6-12(7-11(10)15-2)5-9(13)8-3-4-8/h8-11,13H,3-7H2,1-2H3. The number of β-amino-alcohol motifs (C(OH)–C–C–N with tert-alkyl or cyclic N) is 1. The Balaban J connectivity index is 1.79. The third-order valence-corrected chi connectivity index (χ3v) is 3.51. The summed E-state index contributed by atoms with van der Waals surface area (Å²) in [5.41, 5.74) is 0. The van der Waals surface area contributed by atoms with Crippen molar-refractivity contribution >= 4 is 0 Å². The fourth-order valence-corrected chi connectivity index (χ4v) is 2.31. The lowest BCUT2D eigenvalue weighted by Gasteiger charge is -2.19. The van der Waals surface area contributed by atoms with Gasteiger partial charge in [0.1, 0.15) is 0 Å². The molecule has 2 rings (SSSR count). The molecule has 1 heterocycles. The molecule has 3 unspecified atom stereocenters. The molecule has 4 nitrogen and oxygen atoms in total. The molecule has 2 fully saturated rings. The third-order valence-electron chi connectivity index (χ3n) is 3.51. The van der Waals surface area contributed by atoms with Crippen molar-refractivity contribution in [3.05, 3.63) is 0 Å². The van der Waals surface area contributed by atoms with Gasteiger partial charge in [-0.3, -0.25) is 4.90 Å². The van der Waals surface area contributed by atoms with Crippen LogP contribution in [-0.4, -0.2) is 62.2 Å². The van der Waals surface area contributed by atoms with Crippen molar-refractivity contribution < 1.29 is 14.6 Å². The Morgan fingerprint density at radius 2 is 1.73 bits per heavy atom. The van der Waals surface area contributed by atoms with Crippen LogP contribution in [0.3, 0.4) is 0 Å². The van der Waals surface area contributed by atoms with Crippen molar-refractivity contribution in [2.45, 2.75) is 31.2 Å². The van der Waals surface area contributed by atoms with Gasteiger partial charge in [-0.25, -0.2) is 0 Å². The van der Waals surface area contributed by atoms with Crippen molar-refractivity contribution in [2.24, 2.45) is 5.92 Å². The molecule has 0 spiro atoms. The maximum atomic E-state index is 9.84. The van der Waals surface area contributed by atoms with E-state index in [9.17, 15) is 5.11 Å². The molecule has 1 saturated carbocycles. The lowest BCUT2D eigenvalue weighted by molar-refractivity contribution is -0.00461. The molecule has 0 aromatic heterocycles. The third kappa shape index (κ3) is 2.69. The second-order valence-electron chi connectivity index (χ2n) is 4.67. The zero-order chi connectivity index (χ0) is 10.8. The Kier molecular flexibility index (Phi) is 3.61. The van der Waals surface area contributed by atoms with Crippen molar-refractivity contribution in [3.8, 4) is 0 Å². The number of aliphatic hydroxyl groups excluding tert-OH is 1. The number of hydrogen-bond acceptors (Lipinski definition) is 4. The van der Waals surface area contributed by atoms with E-state index in [1.807, 2.05) is 0 Å². The van der Waals surface area contributed by atoms with Gasteiger partial charge in [-0.05, 0) is 18.8 Å². The quantitative estimate of drug-likeness (QED) is 0.706. The van der Waals surface area contributed by atoms with Gasteiger partial charge in [0.2, 0.25) is 0 Å². The average Bonchev–Trinajstić information content (AvgIpc) is 3.01. The lowest BCUT2D eigenvalue weighted by Crippen LogP contribution is -2.32. The Morgan fingerprint density at radius 1 is 1.20 bits per heavy atom. The molecule has 0 aromatic rings. The Morgan fingerprint density at radius 3 is 2.13 bits per heavy atom. The highest BCUT2D eigenvalue weighted by molar-refractivity contribution is 4.89. The van der Waals surface area contributed by atoms with E-state index in [4.69, 9.17) is 9.47 Å². The van der Waals surface area contributed by atoms with E-state index in [0.29, 0.717) is 5.92 Å². The van der Waals surface area contributed by atoms with Gasteiger partial charge in [-0.15, -0.1) is 0 Å². The van der Waals surface area contributed by atoms with Crippen LogP contribution in [0.25, 0.3) is 0 Å². The highest BCUT2D eigenvalue weighted by Crippen LogP contribution is 2.33. The summed E-state index contributed by atoms with van der Waals surface area (Å²) in [5, 5.41) is 9.84. The van der Waals surface area contributed by atoms with Gasteiger partial charge in [-0.2, -0.15) is 0 Å². The first-order valence-electron chi connectivity index (χ1n) is 5.70. The van der Waals surface area contributed by atoms with Crippen LogP contribution >= 0.6 is 0 Å². The van der Waals surface area contributed by atoms with Gasteiger partial charge in [0, 0.05) is 33.9 Å². The van der Waals surface area contributed by atoms with Crippen LogP contribution in [0.4, 0.5) is 0 Å². The Bertz CT molecular complexity index is 196. The zero-order valence-electron chi connectivity index (χ0n) is 9.56. The molecule has 0 aromatic carbocycles. The molecule has 1 aliphatic heterocycles. The number of methoxy groups -OCH3 is 2. The maximum absolute atomic E-state index is 9.84. The van der Waals surface area contributed by atoms with E-state index in [2.05, 4.69) is 4.90 Å². The Labute approximate surface area is 91.2 Å². The second-order valence-corrected chi connectivity index (χ2v) is 4.67. The smallest absolute Gasteiger partial charge is 0.0971 e. The molecule has 1 saturated heterocycles. The molecular weight excluding hydrogens is 194 g/mol. The van der Waals surface area contributed by atoms with Gasteiger partial charge < -0.3 is 14.6 Å².